The third kappa shape index (κ3) is 2.73. The van der Waals surface area contributed by atoms with E-state index < -0.39 is 0 Å². The molecule has 0 saturated carbocycles. The summed E-state index contributed by atoms with van der Waals surface area (Å²) < 4.78 is 16.8. The van der Waals surface area contributed by atoms with Crippen LogP contribution in [0, 0.1) is 5.82 Å². The quantitative estimate of drug-likeness (QED) is 0.660. The molecule has 2 heterocycles. The molecule has 0 N–H and O–H groups in total. The third-order valence-corrected chi connectivity index (χ3v) is 5.28. The molecule has 0 unspecified atom stereocenters. The minimum Gasteiger partial charge on any atom is -0.288 e. The van der Waals surface area contributed by atoms with Gasteiger partial charge in [-0.25, -0.2) is 9.37 Å². The molecular weight excluding hydrogens is 333 g/mol. The second-order valence-corrected chi connectivity index (χ2v) is 6.74. The smallest absolute Gasteiger partial charge is 0.200 e. The number of carbonyl (C=O) groups excluding carboxylic acids is 1. The van der Waals surface area contributed by atoms with E-state index in [0.29, 0.717) is 17.0 Å². The molecule has 1 aromatic carbocycles. The van der Waals surface area contributed by atoms with Crippen LogP contribution >= 0.6 is 22.9 Å². The molecule has 0 bridgehead atoms. The van der Waals surface area contributed by atoms with Crippen LogP contribution in [0.5, 0.6) is 0 Å². The van der Waals surface area contributed by atoms with Gasteiger partial charge in [-0.1, -0.05) is 4.49 Å². The third-order valence-electron chi connectivity index (χ3n) is 3.62. The number of nitrogens with zero attached hydrogens (tertiary/aromatic N) is 3. The van der Waals surface area contributed by atoms with Crippen LogP contribution in [-0.4, -0.2) is 20.4 Å². The van der Waals surface area contributed by atoms with Crippen molar-refractivity contribution in [2.45, 2.75) is 12.8 Å². The number of Topliss-reactive ketones (excluding diaryl/α,β-unsaturated/α-hetero) is 1. The largest absolute Gasteiger partial charge is 0.288 e. The average molecular weight is 343 g/mol. The van der Waals surface area contributed by atoms with Crippen LogP contribution in [0.4, 0.5) is 4.39 Å². The fraction of sp³-hybridized carbons (Fsp3) is 0.125. The number of ketones is 1. The predicted molar refractivity (Wildman–Crippen MR) is 88.0 cm³/mol. The van der Waals surface area contributed by atoms with Gasteiger partial charge in [0.1, 0.15) is 10.8 Å². The highest BCUT2D eigenvalue weighted by atomic mass is 32.1. The number of rotatable bonds is 2. The van der Waals surface area contributed by atoms with Crippen molar-refractivity contribution in [2.75, 3.05) is 0 Å². The maximum absolute atomic E-state index is 13.0. The van der Waals surface area contributed by atoms with Gasteiger partial charge in [0.25, 0.3) is 0 Å². The Bertz CT molecular complexity index is 898. The maximum Gasteiger partial charge on any atom is 0.200 e. The van der Waals surface area contributed by atoms with Gasteiger partial charge >= 0.3 is 0 Å². The van der Waals surface area contributed by atoms with Crippen LogP contribution in [0.3, 0.4) is 0 Å². The van der Waals surface area contributed by atoms with Crippen molar-refractivity contribution in [3.05, 3.63) is 57.3 Å². The lowest BCUT2D eigenvalue weighted by atomic mass is 9.95. The second kappa shape index (κ2) is 5.75. The summed E-state index contributed by atoms with van der Waals surface area (Å²) in [6.45, 7) is 0. The lowest BCUT2D eigenvalue weighted by Crippen LogP contribution is -2.12. The van der Waals surface area contributed by atoms with Crippen LogP contribution in [-0.2, 0) is 6.42 Å². The fourth-order valence-electron chi connectivity index (χ4n) is 2.48. The molecule has 7 heteroatoms. The summed E-state index contributed by atoms with van der Waals surface area (Å²) in [4.78, 5) is 17.9. The number of aromatic nitrogens is 3. The highest BCUT2D eigenvalue weighted by molar-refractivity contribution is 7.17. The molecular formula is C16H10FN3OS2. The van der Waals surface area contributed by atoms with Crippen molar-refractivity contribution < 1.29 is 9.18 Å². The molecule has 4 nitrogen and oxygen atoms in total. The monoisotopic (exact) mass is 343 g/mol. The molecule has 0 fully saturated rings. The fourth-order valence-corrected chi connectivity index (χ4v) is 3.98. The Labute approximate surface area is 139 Å². The molecule has 0 saturated heterocycles. The Kier molecular flexibility index (Phi) is 3.59. The van der Waals surface area contributed by atoms with Crippen molar-refractivity contribution in [2.24, 2.45) is 0 Å². The minimum absolute atomic E-state index is 0.00473. The van der Waals surface area contributed by atoms with Gasteiger partial charge in [-0.2, -0.15) is 0 Å². The Morgan fingerprint density at radius 2 is 2.00 bits per heavy atom. The highest BCUT2D eigenvalue weighted by Crippen LogP contribution is 2.35. The summed E-state index contributed by atoms with van der Waals surface area (Å²) >= 11 is 2.62. The van der Waals surface area contributed by atoms with Gasteiger partial charge in [-0.3, -0.25) is 4.79 Å². The summed E-state index contributed by atoms with van der Waals surface area (Å²) in [6, 6.07) is 6.17. The van der Waals surface area contributed by atoms with E-state index in [0.717, 1.165) is 28.3 Å². The Morgan fingerprint density at radius 1 is 1.17 bits per heavy atom. The van der Waals surface area contributed by atoms with E-state index in [1.54, 1.807) is 18.2 Å². The average Bonchev–Trinajstić information content (AvgIpc) is 3.20. The molecule has 114 valence electrons. The van der Waals surface area contributed by atoms with E-state index in [-0.39, 0.29) is 11.6 Å². The van der Waals surface area contributed by atoms with E-state index in [1.165, 1.54) is 35.0 Å². The molecule has 0 aliphatic heterocycles. The van der Waals surface area contributed by atoms with Crippen molar-refractivity contribution >= 4 is 34.7 Å². The normalized spacial score (nSPS) is 15.9. The van der Waals surface area contributed by atoms with Gasteiger partial charge in [0, 0.05) is 16.5 Å². The van der Waals surface area contributed by atoms with Gasteiger partial charge in [-0.05, 0) is 54.7 Å². The highest BCUT2D eigenvalue weighted by Gasteiger charge is 2.26. The number of thiazole rings is 1. The molecule has 4 rings (SSSR count). The van der Waals surface area contributed by atoms with E-state index in [9.17, 15) is 9.18 Å². The first-order chi connectivity index (χ1) is 11.2. The minimum atomic E-state index is -0.284. The number of hydrogen-bond acceptors (Lipinski definition) is 6. The Hall–Kier alpha value is -2.25. The SMILES string of the molecule is O=C1/C(=C/c2csnn2)CCc2nc(-c3ccc(F)cc3)sc21. The van der Waals surface area contributed by atoms with Crippen molar-refractivity contribution in [1.82, 2.24) is 14.6 Å². The van der Waals surface area contributed by atoms with Gasteiger partial charge in [0.2, 0.25) is 5.78 Å². The van der Waals surface area contributed by atoms with Gasteiger partial charge < -0.3 is 0 Å². The summed E-state index contributed by atoms with van der Waals surface area (Å²) in [6.07, 6.45) is 3.17. The summed E-state index contributed by atoms with van der Waals surface area (Å²) in [5, 5.41) is 6.52. The molecule has 1 aliphatic carbocycles. The zero-order valence-electron chi connectivity index (χ0n) is 11.8. The lowest BCUT2D eigenvalue weighted by Gasteiger charge is -2.11. The van der Waals surface area contributed by atoms with Crippen molar-refractivity contribution in [1.29, 1.82) is 0 Å². The zero-order chi connectivity index (χ0) is 15.8. The van der Waals surface area contributed by atoms with Crippen molar-refractivity contribution in [3.8, 4) is 10.6 Å². The molecule has 0 atom stereocenters. The first kappa shape index (κ1) is 14.3. The van der Waals surface area contributed by atoms with Crippen LogP contribution in [0.25, 0.3) is 16.6 Å². The summed E-state index contributed by atoms with van der Waals surface area (Å²) in [5.74, 6) is -0.279. The Morgan fingerprint density at radius 3 is 2.74 bits per heavy atom. The number of carbonyl (C=O) groups is 1. The predicted octanol–water partition coefficient (Wildman–Crippen LogP) is 4.01. The van der Waals surface area contributed by atoms with E-state index >= 15 is 0 Å². The van der Waals surface area contributed by atoms with E-state index in [2.05, 4.69) is 14.6 Å². The molecule has 1 aliphatic rings. The van der Waals surface area contributed by atoms with Crippen LogP contribution < -0.4 is 0 Å². The number of aryl methyl sites for hydroxylation is 1. The molecule has 23 heavy (non-hydrogen) atoms. The van der Waals surface area contributed by atoms with Crippen LogP contribution in [0.2, 0.25) is 0 Å². The van der Waals surface area contributed by atoms with Gasteiger partial charge in [-0.15, -0.1) is 16.4 Å². The number of allylic oxidation sites excluding steroid dienone is 1. The van der Waals surface area contributed by atoms with Gasteiger partial charge in [0.05, 0.1) is 16.3 Å². The lowest BCUT2D eigenvalue weighted by molar-refractivity contribution is 0.103. The number of halogens is 1. The van der Waals surface area contributed by atoms with Crippen LogP contribution in [0.1, 0.15) is 27.5 Å². The maximum atomic E-state index is 13.0. The molecule has 0 spiro atoms. The first-order valence-electron chi connectivity index (χ1n) is 6.98. The van der Waals surface area contributed by atoms with Crippen molar-refractivity contribution in [3.63, 3.8) is 0 Å². The van der Waals surface area contributed by atoms with Crippen LogP contribution in [0.15, 0.2) is 35.2 Å². The molecule has 0 amide bonds. The number of hydrogen-bond donors (Lipinski definition) is 0. The molecule has 2 aromatic heterocycles. The first-order valence-corrected chi connectivity index (χ1v) is 8.64. The molecule has 0 radical (unpaired) electrons. The summed E-state index contributed by atoms with van der Waals surface area (Å²) in [5.41, 5.74) is 3.10. The zero-order valence-corrected chi connectivity index (χ0v) is 13.5. The number of fused-ring (bicyclic) bond motifs is 1. The van der Waals surface area contributed by atoms with E-state index in [4.69, 9.17) is 0 Å². The van der Waals surface area contributed by atoms with Gasteiger partial charge in [0.15, 0.2) is 0 Å². The number of benzene rings is 1. The summed E-state index contributed by atoms with van der Waals surface area (Å²) in [7, 11) is 0. The molecule has 3 aromatic rings. The second-order valence-electron chi connectivity index (χ2n) is 5.13. The standard InChI is InChI=1S/C16H10FN3OS2/c17-11-4-1-9(2-5-11)16-18-13-6-3-10(14(21)15(13)23-16)7-12-8-22-20-19-12/h1-2,4-5,7-8H,3,6H2/b10-7+. The topological polar surface area (TPSA) is 55.7 Å². The van der Waals surface area contributed by atoms with E-state index in [1.807, 2.05) is 5.38 Å². The Balaban J connectivity index is 1.69.